The average Bonchev–Trinajstić information content (AvgIpc) is 2.36. The van der Waals surface area contributed by atoms with E-state index < -0.39 is 11.9 Å². The van der Waals surface area contributed by atoms with Gasteiger partial charge in [0.2, 0.25) is 0 Å². The number of hydrogen-bond acceptors (Lipinski definition) is 2. The quantitative estimate of drug-likeness (QED) is 0.925. The molecule has 1 atom stereocenters. The molecule has 94 valence electrons. The van der Waals surface area contributed by atoms with Crippen LogP contribution < -0.4 is 0 Å². The fourth-order valence-corrected chi connectivity index (χ4v) is 2.03. The Morgan fingerprint density at radius 3 is 2.78 bits per heavy atom. The minimum absolute atomic E-state index is 0.0588. The van der Waals surface area contributed by atoms with Crippen molar-refractivity contribution < 1.29 is 9.50 Å². The van der Waals surface area contributed by atoms with Gasteiger partial charge in [-0.2, -0.15) is 0 Å². The molecule has 1 unspecified atom stereocenters. The number of aromatic nitrogens is 1. The molecule has 1 aromatic carbocycles. The van der Waals surface area contributed by atoms with Gasteiger partial charge >= 0.3 is 0 Å². The van der Waals surface area contributed by atoms with E-state index in [-0.39, 0.29) is 11.4 Å². The van der Waals surface area contributed by atoms with Gasteiger partial charge in [-0.15, -0.1) is 0 Å². The first-order valence-corrected chi connectivity index (χ1v) is 6.47. The highest BCUT2D eigenvalue weighted by Gasteiger charge is 2.14. The second kappa shape index (κ2) is 5.78. The van der Waals surface area contributed by atoms with Gasteiger partial charge < -0.3 is 5.11 Å². The maximum absolute atomic E-state index is 13.7. The second-order valence-corrected chi connectivity index (χ2v) is 5.16. The van der Waals surface area contributed by atoms with Crippen LogP contribution >= 0.6 is 27.5 Å². The number of pyridine rings is 1. The Morgan fingerprint density at radius 1 is 1.33 bits per heavy atom. The van der Waals surface area contributed by atoms with E-state index in [9.17, 15) is 9.50 Å². The van der Waals surface area contributed by atoms with E-state index in [1.807, 2.05) is 0 Å². The van der Waals surface area contributed by atoms with Gasteiger partial charge in [0, 0.05) is 17.1 Å². The molecule has 0 aliphatic heterocycles. The molecule has 0 aliphatic rings. The van der Waals surface area contributed by atoms with Crippen molar-refractivity contribution in [2.45, 2.75) is 12.5 Å². The van der Waals surface area contributed by atoms with Gasteiger partial charge in [-0.1, -0.05) is 23.7 Å². The molecule has 2 nitrogen and oxygen atoms in total. The Hall–Kier alpha value is -0.970. The third-order valence-electron chi connectivity index (χ3n) is 2.54. The van der Waals surface area contributed by atoms with E-state index in [0.29, 0.717) is 11.3 Å². The topological polar surface area (TPSA) is 33.1 Å². The standard InChI is InChI=1S/C13H10BrClFNO/c14-9-4-5-11(17-7-9)12(18)6-8-2-1-3-10(15)13(8)16/h1-5,7,12,18H,6H2. The molecule has 2 rings (SSSR count). The zero-order chi connectivity index (χ0) is 13.1. The smallest absolute Gasteiger partial charge is 0.145 e. The Kier molecular flexibility index (Phi) is 4.32. The maximum atomic E-state index is 13.7. The molecule has 0 spiro atoms. The van der Waals surface area contributed by atoms with Crippen molar-refractivity contribution in [3.63, 3.8) is 0 Å². The highest BCUT2D eigenvalue weighted by atomic mass is 79.9. The minimum atomic E-state index is -0.855. The Balaban J connectivity index is 2.18. The summed E-state index contributed by atoms with van der Waals surface area (Å²) in [5.74, 6) is -0.490. The second-order valence-electron chi connectivity index (χ2n) is 3.83. The summed E-state index contributed by atoms with van der Waals surface area (Å²) in [4.78, 5) is 4.07. The highest BCUT2D eigenvalue weighted by molar-refractivity contribution is 9.10. The van der Waals surface area contributed by atoms with Crippen LogP contribution in [0.25, 0.3) is 0 Å². The predicted octanol–water partition coefficient (Wildman–Crippen LogP) is 3.91. The summed E-state index contributed by atoms with van der Waals surface area (Å²) in [6, 6.07) is 8.20. The number of hydrogen-bond donors (Lipinski definition) is 1. The summed E-state index contributed by atoms with van der Waals surface area (Å²) in [7, 11) is 0. The third kappa shape index (κ3) is 3.07. The molecule has 0 saturated carbocycles. The molecule has 0 saturated heterocycles. The molecule has 18 heavy (non-hydrogen) atoms. The predicted molar refractivity (Wildman–Crippen MR) is 72.0 cm³/mol. The van der Waals surface area contributed by atoms with Gasteiger partial charge in [0.05, 0.1) is 10.7 Å². The van der Waals surface area contributed by atoms with E-state index >= 15 is 0 Å². The first-order valence-electron chi connectivity index (χ1n) is 5.30. The van der Waals surface area contributed by atoms with Gasteiger partial charge in [-0.05, 0) is 39.7 Å². The van der Waals surface area contributed by atoms with E-state index in [0.717, 1.165) is 4.47 Å². The molecule has 0 amide bonds. The van der Waals surface area contributed by atoms with E-state index in [1.165, 1.54) is 6.07 Å². The molecular formula is C13H10BrClFNO. The molecule has 0 fully saturated rings. The molecule has 0 aliphatic carbocycles. The van der Waals surface area contributed by atoms with E-state index in [4.69, 9.17) is 11.6 Å². The fraction of sp³-hybridized carbons (Fsp3) is 0.154. The highest BCUT2D eigenvalue weighted by Crippen LogP contribution is 2.23. The van der Waals surface area contributed by atoms with E-state index in [1.54, 1.807) is 30.5 Å². The summed E-state index contributed by atoms with van der Waals surface area (Å²) >= 11 is 8.95. The molecule has 0 bridgehead atoms. The summed E-state index contributed by atoms with van der Waals surface area (Å²) in [5, 5.41) is 10.1. The first-order chi connectivity index (χ1) is 8.58. The lowest BCUT2D eigenvalue weighted by atomic mass is 10.0. The van der Waals surface area contributed by atoms with Gasteiger partial charge in [-0.25, -0.2) is 4.39 Å². The maximum Gasteiger partial charge on any atom is 0.145 e. The number of aliphatic hydroxyl groups is 1. The third-order valence-corrected chi connectivity index (χ3v) is 3.30. The van der Waals surface area contributed by atoms with Crippen LogP contribution in [0.2, 0.25) is 5.02 Å². The monoisotopic (exact) mass is 329 g/mol. The van der Waals surface area contributed by atoms with Crippen LogP contribution in [0.1, 0.15) is 17.4 Å². The van der Waals surface area contributed by atoms with E-state index in [2.05, 4.69) is 20.9 Å². The summed E-state index contributed by atoms with van der Waals surface area (Å²) < 4.78 is 14.5. The molecule has 1 heterocycles. The lowest BCUT2D eigenvalue weighted by Gasteiger charge is -2.11. The van der Waals surface area contributed by atoms with Crippen LogP contribution in [0.15, 0.2) is 41.0 Å². The molecule has 2 aromatic rings. The number of halogens is 3. The van der Waals surface area contributed by atoms with Crippen molar-refractivity contribution in [2.75, 3.05) is 0 Å². The van der Waals surface area contributed by atoms with Crippen LogP contribution in [-0.4, -0.2) is 10.1 Å². The van der Waals surface area contributed by atoms with Gasteiger partial charge in [0.1, 0.15) is 11.9 Å². The van der Waals surface area contributed by atoms with Crippen LogP contribution in [0.5, 0.6) is 0 Å². The molecule has 5 heteroatoms. The first kappa shape index (κ1) is 13.5. The normalized spacial score (nSPS) is 12.4. The lowest BCUT2D eigenvalue weighted by molar-refractivity contribution is 0.172. The average molecular weight is 331 g/mol. The number of nitrogens with zero attached hydrogens (tertiary/aromatic N) is 1. The van der Waals surface area contributed by atoms with Gasteiger partial charge in [0.15, 0.2) is 0 Å². The van der Waals surface area contributed by atoms with Gasteiger partial charge in [0.25, 0.3) is 0 Å². The van der Waals surface area contributed by atoms with Crippen molar-refractivity contribution in [1.82, 2.24) is 4.98 Å². The summed E-state index contributed by atoms with van der Waals surface area (Å²) in [6.07, 6.45) is 0.875. The Bertz CT molecular complexity index is 547. The molecule has 0 radical (unpaired) electrons. The zero-order valence-corrected chi connectivity index (χ0v) is 11.6. The molecular weight excluding hydrogens is 321 g/mol. The Morgan fingerprint density at radius 2 is 2.11 bits per heavy atom. The number of aliphatic hydroxyl groups excluding tert-OH is 1. The van der Waals surface area contributed by atoms with Crippen molar-refractivity contribution >= 4 is 27.5 Å². The van der Waals surface area contributed by atoms with Crippen molar-refractivity contribution in [2.24, 2.45) is 0 Å². The zero-order valence-electron chi connectivity index (χ0n) is 9.28. The summed E-state index contributed by atoms with van der Waals surface area (Å²) in [6.45, 7) is 0. The van der Waals surface area contributed by atoms with Gasteiger partial charge in [-0.3, -0.25) is 4.98 Å². The SMILES string of the molecule is OC(Cc1cccc(Cl)c1F)c1ccc(Br)cn1. The van der Waals surface area contributed by atoms with Crippen LogP contribution in [-0.2, 0) is 6.42 Å². The number of rotatable bonds is 3. The largest absolute Gasteiger partial charge is 0.386 e. The lowest BCUT2D eigenvalue weighted by Crippen LogP contribution is -2.05. The molecule has 1 N–H and O–H groups in total. The van der Waals surface area contributed by atoms with Crippen LogP contribution in [0, 0.1) is 5.82 Å². The van der Waals surface area contributed by atoms with Crippen molar-refractivity contribution in [1.29, 1.82) is 0 Å². The number of benzene rings is 1. The van der Waals surface area contributed by atoms with Crippen LogP contribution in [0.3, 0.4) is 0 Å². The molecule has 1 aromatic heterocycles. The summed E-state index contributed by atoms with van der Waals surface area (Å²) in [5.41, 5.74) is 0.872. The van der Waals surface area contributed by atoms with Crippen molar-refractivity contribution in [3.05, 3.63) is 63.1 Å². The van der Waals surface area contributed by atoms with Crippen LogP contribution in [0.4, 0.5) is 4.39 Å². The Labute approximate surface area is 118 Å². The minimum Gasteiger partial charge on any atom is -0.386 e. The fourth-order valence-electron chi connectivity index (χ4n) is 1.60. The van der Waals surface area contributed by atoms with Crippen molar-refractivity contribution in [3.8, 4) is 0 Å².